The fourth-order valence-electron chi connectivity index (χ4n) is 0.593. The Morgan fingerprint density at radius 3 is 2.00 bits per heavy atom. The smallest absolute Gasteiger partial charge is 0.456 e. The number of nitro groups is 2. The minimum Gasteiger partial charge on any atom is -0.481 e. The van der Waals surface area contributed by atoms with E-state index >= 15 is 0 Å². The number of nitrogens with zero attached hydrogens (tertiary/aromatic N) is 2. The fourth-order valence-corrected chi connectivity index (χ4v) is 0.593. The monoisotopic (exact) mass is 192 g/mol. The van der Waals surface area contributed by atoms with E-state index in [2.05, 4.69) is 0 Å². The van der Waals surface area contributed by atoms with Crippen LogP contribution in [0.25, 0.3) is 0 Å². The molecule has 0 atom stereocenters. The second-order valence-electron chi connectivity index (χ2n) is 2.62. The standard InChI is InChI=1S/C5H8N2O6/c1-5(6(10)11,7(12)13)3-2-4(8)9/h2-3H2,1H3,(H,8,9). The van der Waals surface area contributed by atoms with Gasteiger partial charge in [0.15, 0.2) is 0 Å². The Labute approximate surface area is 72.5 Å². The van der Waals surface area contributed by atoms with Crippen molar-refractivity contribution < 1.29 is 19.7 Å². The predicted molar refractivity (Wildman–Crippen MR) is 39.3 cm³/mol. The van der Waals surface area contributed by atoms with Crippen LogP contribution in [-0.2, 0) is 4.79 Å². The lowest BCUT2D eigenvalue weighted by molar-refractivity contribution is -0.792. The molecule has 1 N–H and O–H groups in total. The van der Waals surface area contributed by atoms with Crippen molar-refractivity contribution >= 4 is 5.97 Å². The molecule has 0 amide bonds. The van der Waals surface area contributed by atoms with E-state index in [1.807, 2.05) is 0 Å². The van der Waals surface area contributed by atoms with Crippen LogP contribution in [0.1, 0.15) is 19.8 Å². The van der Waals surface area contributed by atoms with Gasteiger partial charge in [-0.15, -0.1) is 0 Å². The highest BCUT2D eigenvalue weighted by Crippen LogP contribution is 2.16. The van der Waals surface area contributed by atoms with Gasteiger partial charge in [0.05, 0.1) is 29.6 Å². The molecular weight excluding hydrogens is 184 g/mol. The summed E-state index contributed by atoms with van der Waals surface area (Å²) < 4.78 is 0. The highest BCUT2D eigenvalue weighted by atomic mass is 16.7. The molecule has 0 aromatic carbocycles. The van der Waals surface area contributed by atoms with Gasteiger partial charge >= 0.3 is 11.6 Å². The van der Waals surface area contributed by atoms with Crippen LogP contribution in [-0.4, -0.2) is 26.6 Å². The third kappa shape index (κ3) is 2.65. The maximum absolute atomic E-state index is 10.2. The quantitative estimate of drug-likeness (QED) is 0.374. The first-order chi connectivity index (χ1) is 5.80. The molecule has 0 fully saturated rings. The topological polar surface area (TPSA) is 124 Å². The Kier molecular flexibility index (Phi) is 3.28. The van der Waals surface area contributed by atoms with E-state index < -0.39 is 34.3 Å². The van der Waals surface area contributed by atoms with Crippen molar-refractivity contribution in [3.05, 3.63) is 20.2 Å². The van der Waals surface area contributed by atoms with Crippen LogP contribution in [0, 0.1) is 20.2 Å². The summed E-state index contributed by atoms with van der Waals surface area (Å²) in [5.74, 6) is -1.30. The van der Waals surface area contributed by atoms with Gasteiger partial charge in [-0.05, 0) is 0 Å². The molecule has 8 nitrogen and oxygen atoms in total. The lowest BCUT2D eigenvalue weighted by Crippen LogP contribution is -2.43. The van der Waals surface area contributed by atoms with Crippen LogP contribution < -0.4 is 0 Å². The van der Waals surface area contributed by atoms with Crippen LogP contribution in [0.15, 0.2) is 0 Å². The molecular formula is C5H8N2O6. The first kappa shape index (κ1) is 11.3. The Morgan fingerprint density at radius 1 is 1.38 bits per heavy atom. The molecule has 0 spiro atoms. The Morgan fingerprint density at radius 2 is 1.77 bits per heavy atom. The molecule has 0 aliphatic rings. The van der Waals surface area contributed by atoms with Crippen molar-refractivity contribution in [1.29, 1.82) is 0 Å². The molecule has 8 heteroatoms. The van der Waals surface area contributed by atoms with Crippen molar-refractivity contribution in [2.75, 3.05) is 0 Å². The van der Waals surface area contributed by atoms with Crippen molar-refractivity contribution in [3.63, 3.8) is 0 Å². The number of carboxylic acid groups (broad SMARTS) is 1. The molecule has 0 aliphatic heterocycles. The lowest BCUT2D eigenvalue weighted by Gasteiger charge is -2.10. The van der Waals surface area contributed by atoms with Gasteiger partial charge in [-0.2, -0.15) is 0 Å². The second-order valence-corrected chi connectivity index (χ2v) is 2.62. The van der Waals surface area contributed by atoms with Gasteiger partial charge in [0, 0.05) is 0 Å². The molecule has 0 radical (unpaired) electrons. The predicted octanol–water partition coefficient (Wildman–Crippen LogP) is 0.121. The molecule has 0 saturated heterocycles. The molecule has 0 aliphatic carbocycles. The number of aliphatic carboxylic acids is 1. The van der Waals surface area contributed by atoms with Gasteiger partial charge in [0.25, 0.3) is 0 Å². The number of hydrogen-bond acceptors (Lipinski definition) is 5. The highest BCUT2D eigenvalue weighted by Gasteiger charge is 2.50. The van der Waals surface area contributed by atoms with E-state index in [1.165, 1.54) is 0 Å². The van der Waals surface area contributed by atoms with E-state index in [9.17, 15) is 25.0 Å². The number of carboxylic acids is 1. The van der Waals surface area contributed by atoms with Crippen LogP contribution >= 0.6 is 0 Å². The third-order valence-corrected chi connectivity index (χ3v) is 1.60. The van der Waals surface area contributed by atoms with E-state index in [0.29, 0.717) is 0 Å². The van der Waals surface area contributed by atoms with Gasteiger partial charge in [0.2, 0.25) is 0 Å². The average Bonchev–Trinajstić information content (AvgIpc) is 1.99. The number of carbonyl (C=O) groups is 1. The van der Waals surface area contributed by atoms with Gasteiger partial charge < -0.3 is 5.11 Å². The van der Waals surface area contributed by atoms with Crippen LogP contribution in [0.5, 0.6) is 0 Å². The first-order valence-corrected chi connectivity index (χ1v) is 3.31. The highest BCUT2D eigenvalue weighted by molar-refractivity contribution is 5.66. The van der Waals surface area contributed by atoms with Crippen LogP contribution in [0.4, 0.5) is 0 Å². The summed E-state index contributed by atoms with van der Waals surface area (Å²) in [4.78, 5) is 28.4. The number of rotatable bonds is 5. The van der Waals surface area contributed by atoms with Gasteiger partial charge in [-0.1, -0.05) is 0 Å². The molecule has 0 bridgehead atoms. The van der Waals surface area contributed by atoms with Gasteiger partial charge in [-0.3, -0.25) is 25.0 Å². The van der Waals surface area contributed by atoms with E-state index in [1.54, 1.807) is 0 Å². The molecule has 0 saturated carbocycles. The molecule has 0 aromatic rings. The molecule has 0 unspecified atom stereocenters. The van der Waals surface area contributed by atoms with Crippen molar-refractivity contribution in [3.8, 4) is 0 Å². The summed E-state index contributed by atoms with van der Waals surface area (Å²) in [7, 11) is 0. The zero-order chi connectivity index (χ0) is 10.6. The summed E-state index contributed by atoms with van der Waals surface area (Å²) in [6, 6.07) is 0. The van der Waals surface area contributed by atoms with Crippen LogP contribution in [0.2, 0.25) is 0 Å². The minimum atomic E-state index is -2.40. The maximum atomic E-state index is 10.2. The van der Waals surface area contributed by atoms with E-state index in [0.717, 1.165) is 6.92 Å². The molecule has 13 heavy (non-hydrogen) atoms. The van der Waals surface area contributed by atoms with Crippen molar-refractivity contribution in [2.45, 2.75) is 25.4 Å². The van der Waals surface area contributed by atoms with Gasteiger partial charge in [-0.25, -0.2) is 0 Å². The zero-order valence-corrected chi connectivity index (χ0v) is 6.80. The zero-order valence-electron chi connectivity index (χ0n) is 6.80. The molecule has 74 valence electrons. The number of hydrogen-bond donors (Lipinski definition) is 1. The lowest BCUT2D eigenvalue weighted by atomic mass is 10.1. The summed E-state index contributed by atoms with van der Waals surface area (Å²) in [5, 5.41) is 28.7. The third-order valence-electron chi connectivity index (χ3n) is 1.60. The van der Waals surface area contributed by atoms with Crippen molar-refractivity contribution in [1.82, 2.24) is 0 Å². The largest absolute Gasteiger partial charge is 0.481 e. The van der Waals surface area contributed by atoms with Crippen LogP contribution in [0.3, 0.4) is 0 Å². The Balaban J connectivity index is 4.52. The summed E-state index contributed by atoms with van der Waals surface area (Å²) in [5.41, 5.74) is -2.40. The average molecular weight is 192 g/mol. The summed E-state index contributed by atoms with van der Waals surface area (Å²) in [6.45, 7) is 0.788. The molecule has 0 heterocycles. The molecule has 0 aromatic heterocycles. The Hall–Kier alpha value is -1.73. The second kappa shape index (κ2) is 3.78. The van der Waals surface area contributed by atoms with Gasteiger partial charge in [0.1, 0.15) is 0 Å². The maximum Gasteiger partial charge on any atom is 0.456 e. The SMILES string of the molecule is CC(CCC(=O)O)([N+](=O)[O-])[N+](=O)[O-]. The van der Waals surface area contributed by atoms with Crippen molar-refractivity contribution in [2.24, 2.45) is 0 Å². The molecule has 0 rings (SSSR count). The fraction of sp³-hybridized carbons (Fsp3) is 0.800. The van der Waals surface area contributed by atoms with E-state index in [4.69, 9.17) is 5.11 Å². The Bertz CT molecular complexity index is 235. The summed E-state index contributed by atoms with van der Waals surface area (Å²) in [6.07, 6.45) is -1.22. The van der Waals surface area contributed by atoms with E-state index in [-0.39, 0.29) is 0 Å². The first-order valence-electron chi connectivity index (χ1n) is 3.31. The summed E-state index contributed by atoms with van der Waals surface area (Å²) >= 11 is 0. The minimum absolute atomic E-state index is 0.599. The normalized spacial score (nSPS) is 10.8.